The molecule has 1 aliphatic heterocycles. The number of hydrogen-bond donors (Lipinski definition) is 1. The van der Waals surface area contributed by atoms with E-state index >= 15 is 0 Å². The van der Waals surface area contributed by atoms with Gasteiger partial charge in [0.15, 0.2) is 0 Å². The van der Waals surface area contributed by atoms with Crippen LogP contribution in [0.25, 0.3) is 0 Å². The standard InChI is InChI=1S/C11H22N2/c1-2-8-13(11-5-6-11)9-10-4-3-7-12-10/h10-12H,2-9H2,1H3/t10-/m0/s1. The largest absolute Gasteiger partial charge is 0.313 e. The molecule has 0 amide bonds. The summed E-state index contributed by atoms with van der Waals surface area (Å²) in [7, 11) is 0. The molecule has 76 valence electrons. The van der Waals surface area contributed by atoms with Crippen LogP contribution in [0.5, 0.6) is 0 Å². The first kappa shape index (κ1) is 9.47. The van der Waals surface area contributed by atoms with E-state index in [-0.39, 0.29) is 0 Å². The summed E-state index contributed by atoms with van der Waals surface area (Å²) >= 11 is 0. The van der Waals surface area contributed by atoms with Crippen molar-refractivity contribution < 1.29 is 0 Å². The molecule has 0 radical (unpaired) electrons. The van der Waals surface area contributed by atoms with Gasteiger partial charge in [-0.3, -0.25) is 4.90 Å². The molecule has 1 atom stereocenters. The number of hydrogen-bond acceptors (Lipinski definition) is 2. The Morgan fingerprint density at radius 3 is 2.69 bits per heavy atom. The Balaban J connectivity index is 1.74. The van der Waals surface area contributed by atoms with Gasteiger partial charge < -0.3 is 5.32 Å². The first-order valence-electron chi connectivity index (χ1n) is 5.87. The van der Waals surface area contributed by atoms with Crippen LogP contribution in [0.3, 0.4) is 0 Å². The van der Waals surface area contributed by atoms with Crippen LogP contribution in [-0.4, -0.2) is 36.6 Å². The molecule has 0 aromatic rings. The van der Waals surface area contributed by atoms with Crippen LogP contribution in [0.2, 0.25) is 0 Å². The van der Waals surface area contributed by atoms with Gasteiger partial charge in [0.1, 0.15) is 0 Å². The summed E-state index contributed by atoms with van der Waals surface area (Å²) < 4.78 is 0. The first-order valence-corrected chi connectivity index (χ1v) is 5.87. The molecule has 1 saturated heterocycles. The summed E-state index contributed by atoms with van der Waals surface area (Å²) in [6.07, 6.45) is 6.99. The maximum absolute atomic E-state index is 3.59. The fourth-order valence-electron chi connectivity index (χ4n) is 2.35. The maximum atomic E-state index is 3.59. The average Bonchev–Trinajstić information content (AvgIpc) is 2.85. The highest BCUT2D eigenvalue weighted by Gasteiger charge is 2.30. The molecule has 1 aliphatic carbocycles. The van der Waals surface area contributed by atoms with E-state index in [1.807, 2.05) is 0 Å². The molecule has 13 heavy (non-hydrogen) atoms. The zero-order valence-corrected chi connectivity index (χ0v) is 8.76. The van der Waals surface area contributed by atoms with Gasteiger partial charge in [-0.05, 0) is 45.2 Å². The fraction of sp³-hybridized carbons (Fsp3) is 1.00. The van der Waals surface area contributed by atoms with E-state index in [2.05, 4.69) is 17.1 Å². The van der Waals surface area contributed by atoms with Gasteiger partial charge in [-0.2, -0.15) is 0 Å². The predicted octanol–water partition coefficient (Wildman–Crippen LogP) is 1.61. The third-order valence-corrected chi connectivity index (χ3v) is 3.19. The topological polar surface area (TPSA) is 15.3 Å². The second-order valence-corrected chi connectivity index (χ2v) is 4.52. The molecule has 0 aromatic carbocycles. The van der Waals surface area contributed by atoms with Gasteiger partial charge >= 0.3 is 0 Å². The van der Waals surface area contributed by atoms with E-state index < -0.39 is 0 Å². The lowest BCUT2D eigenvalue weighted by Crippen LogP contribution is -2.39. The second kappa shape index (κ2) is 4.43. The highest BCUT2D eigenvalue weighted by molar-refractivity contribution is 4.88. The van der Waals surface area contributed by atoms with Crippen LogP contribution in [0.1, 0.15) is 39.0 Å². The summed E-state index contributed by atoms with van der Waals surface area (Å²) in [6.45, 7) is 6.15. The van der Waals surface area contributed by atoms with Gasteiger partial charge in [0.05, 0.1) is 0 Å². The molecule has 2 nitrogen and oxygen atoms in total. The molecule has 0 aromatic heterocycles. The van der Waals surface area contributed by atoms with Crippen molar-refractivity contribution in [2.75, 3.05) is 19.6 Å². The number of nitrogens with one attached hydrogen (secondary N) is 1. The van der Waals surface area contributed by atoms with E-state index in [0.717, 1.165) is 12.1 Å². The van der Waals surface area contributed by atoms with Gasteiger partial charge in [0.2, 0.25) is 0 Å². The van der Waals surface area contributed by atoms with Crippen molar-refractivity contribution in [3.05, 3.63) is 0 Å². The second-order valence-electron chi connectivity index (χ2n) is 4.52. The highest BCUT2D eigenvalue weighted by Crippen LogP contribution is 2.27. The minimum Gasteiger partial charge on any atom is -0.313 e. The molecule has 0 unspecified atom stereocenters. The maximum Gasteiger partial charge on any atom is 0.0195 e. The minimum absolute atomic E-state index is 0.798. The van der Waals surface area contributed by atoms with Gasteiger partial charge in [0.25, 0.3) is 0 Å². The number of rotatable bonds is 5. The van der Waals surface area contributed by atoms with Crippen molar-refractivity contribution >= 4 is 0 Å². The SMILES string of the molecule is CCCN(C[C@@H]1CCCN1)C1CC1. The lowest BCUT2D eigenvalue weighted by Gasteiger charge is -2.24. The van der Waals surface area contributed by atoms with E-state index in [9.17, 15) is 0 Å². The van der Waals surface area contributed by atoms with Crippen molar-refractivity contribution in [3.63, 3.8) is 0 Å². The zero-order chi connectivity index (χ0) is 9.10. The third kappa shape index (κ3) is 2.68. The molecular weight excluding hydrogens is 160 g/mol. The van der Waals surface area contributed by atoms with E-state index in [0.29, 0.717) is 0 Å². The van der Waals surface area contributed by atoms with Crippen LogP contribution in [-0.2, 0) is 0 Å². The smallest absolute Gasteiger partial charge is 0.0195 e. The highest BCUT2D eigenvalue weighted by atomic mass is 15.2. The van der Waals surface area contributed by atoms with Crippen LogP contribution >= 0.6 is 0 Å². The predicted molar refractivity (Wildman–Crippen MR) is 55.9 cm³/mol. The normalized spacial score (nSPS) is 28.6. The van der Waals surface area contributed by atoms with Gasteiger partial charge in [-0.15, -0.1) is 0 Å². The van der Waals surface area contributed by atoms with Crippen molar-refractivity contribution in [2.24, 2.45) is 0 Å². The van der Waals surface area contributed by atoms with Gasteiger partial charge in [-0.25, -0.2) is 0 Å². The van der Waals surface area contributed by atoms with Crippen molar-refractivity contribution in [3.8, 4) is 0 Å². The summed E-state index contributed by atoms with van der Waals surface area (Å²) in [5.41, 5.74) is 0. The Morgan fingerprint density at radius 1 is 1.31 bits per heavy atom. The molecule has 0 spiro atoms. The summed E-state index contributed by atoms with van der Waals surface area (Å²) in [5.74, 6) is 0. The van der Waals surface area contributed by atoms with Crippen molar-refractivity contribution in [1.29, 1.82) is 0 Å². The molecule has 2 aliphatic rings. The minimum atomic E-state index is 0.798. The molecule has 0 bridgehead atoms. The molecule has 2 fully saturated rings. The fourth-order valence-corrected chi connectivity index (χ4v) is 2.35. The Kier molecular flexibility index (Phi) is 3.23. The monoisotopic (exact) mass is 182 g/mol. The van der Waals surface area contributed by atoms with Gasteiger partial charge in [-0.1, -0.05) is 6.92 Å². The summed E-state index contributed by atoms with van der Waals surface area (Å²) in [4.78, 5) is 2.70. The summed E-state index contributed by atoms with van der Waals surface area (Å²) in [5, 5.41) is 3.59. The molecule has 1 heterocycles. The van der Waals surface area contributed by atoms with Crippen molar-refractivity contribution in [1.82, 2.24) is 10.2 Å². The first-order chi connectivity index (χ1) is 6.40. The van der Waals surface area contributed by atoms with Crippen LogP contribution in [0.15, 0.2) is 0 Å². The molecule has 1 saturated carbocycles. The van der Waals surface area contributed by atoms with Crippen molar-refractivity contribution in [2.45, 2.75) is 51.1 Å². The third-order valence-electron chi connectivity index (χ3n) is 3.19. The Hall–Kier alpha value is -0.0800. The molecule has 2 rings (SSSR count). The van der Waals surface area contributed by atoms with Crippen LogP contribution in [0.4, 0.5) is 0 Å². The van der Waals surface area contributed by atoms with E-state index in [1.165, 1.54) is 51.7 Å². The Morgan fingerprint density at radius 2 is 2.15 bits per heavy atom. The zero-order valence-electron chi connectivity index (χ0n) is 8.76. The van der Waals surface area contributed by atoms with E-state index in [4.69, 9.17) is 0 Å². The van der Waals surface area contributed by atoms with Crippen LogP contribution in [0, 0.1) is 0 Å². The number of nitrogens with zero attached hydrogens (tertiary/aromatic N) is 1. The molecule has 2 heteroatoms. The van der Waals surface area contributed by atoms with E-state index in [1.54, 1.807) is 0 Å². The lowest BCUT2D eigenvalue weighted by atomic mass is 10.2. The molecular formula is C11H22N2. The lowest BCUT2D eigenvalue weighted by molar-refractivity contribution is 0.240. The summed E-state index contributed by atoms with van der Waals surface area (Å²) in [6, 6.07) is 1.74. The quantitative estimate of drug-likeness (QED) is 0.695. The van der Waals surface area contributed by atoms with Gasteiger partial charge in [0, 0.05) is 18.6 Å². The Bertz CT molecular complexity index is 148. The Labute approximate surface area is 81.7 Å². The molecule has 1 N–H and O–H groups in total. The average molecular weight is 182 g/mol. The van der Waals surface area contributed by atoms with Crippen LogP contribution < -0.4 is 5.32 Å².